The van der Waals surface area contributed by atoms with Gasteiger partial charge in [0.2, 0.25) is 11.8 Å². The SMILES string of the molecule is C=C(/C=C\CNC(=O)c1ccc2c(c1)C(=O)N(C1CCC(=O)NC1=O)C2=O)CNC(=O)c1ccc(-c2cc(-c3ccc([N+](=O)[O-])cc3)nc(-c3ccco3)c2)cc1. The van der Waals surface area contributed by atoms with Gasteiger partial charge in [-0.25, -0.2) is 4.98 Å². The normalized spacial score (nSPS) is 15.0. The largest absolute Gasteiger partial charge is 0.463 e. The number of imide groups is 2. The van der Waals surface area contributed by atoms with Crippen molar-refractivity contribution in [3.8, 4) is 33.8 Å². The van der Waals surface area contributed by atoms with E-state index in [4.69, 9.17) is 9.40 Å². The van der Waals surface area contributed by atoms with Crippen LogP contribution in [0.1, 0.15) is 54.3 Å². The lowest BCUT2D eigenvalue weighted by Crippen LogP contribution is -2.54. The Bertz CT molecular complexity index is 2510. The predicted octanol–water partition coefficient (Wildman–Crippen LogP) is 5.26. The molecule has 0 bridgehead atoms. The van der Waals surface area contributed by atoms with Gasteiger partial charge in [-0.3, -0.25) is 49.1 Å². The number of furan rings is 1. The number of pyridine rings is 1. The minimum Gasteiger partial charge on any atom is -0.463 e. The van der Waals surface area contributed by atoms with Crippen LogP contribution in [-0.2, 0) is 9.59 Å². The van der Waals surface area contributed by atoms with Crippen LogP contribution in [0.2, 0.25) is 0 Å². The number of nitro benzene ring substituents is 1. The molecule has 3 N–H and O–H groups in total. The van der Waals surface area contributed by atoms with E-state index in [-0.39, 0.29) is 54.2 Å². The highest BCUT2D eigenvalue weighted by atomic mass is 16.6. The van der Waals surface area contributed by atoms with Crippen molar-refractivity contribution in [2.75, 3.05) is 13.1 Å². The van der Waals surface area contributed by atoms with Crippen LogP contribution < -0.4 is 16.0 Å². The Hall–Kier alpha value is -7.81. The van der Waals surface area contributed by atoms with Crippen LogP contribution in [0, 0.1) is 10.1 Å². The molecule has 0 radical (unpaired) electrons. The minimum atomic E-state index is -1.11. The molecular weight excluding hydrogens is 732 g/mol. The van der Waals surface area contributed by atoms with E-state index in [9.17, 15) is 38.9 Å². The van der Waals surface area contributed by atoms with E-state index in [1.54, 1.807) is 66.9 Å². The summed E-state index contributed by atoms with van der Waals surface area (Å²) in [7, 11) is 0. The highest BCUT2D eigenvalue weighted by molar-refractivity contribution is 6.24. The number of carbonyl (C=O) groups is 6. The molecule has 7 rings (SSSR count). The van der Waals surface area contributed by atoms with Crippen molar-refractivity contribution < 1.29 is 38.1 Å². The van der Waals surface area contributed by atoms with Crippen LogP contribution >= 0.6 is 0 Å². The Balaban J connectivity index is 0.924. The summed E-state index contributed by atoms with van der Waals surface area (Å²) in [6.07, 6.45) is 4.86. The third kappa shape index (κ3) is 8.02. The monoisotopic (exact) mass is 764 g/mol. The fraction of sp³-hybridized carbons (Fsp3) is 0.119. The van der Waals surface area contributed by atoms with Crippen LogP contribution in [-0.4, -0.2) is 69.4 Å². The average Bonchev–Trinajstić information content (AvgIpc) is 3.85. The molecule has 1 unspecified atom stereocenters. The molecule has 1 saturated heterocycles. The molecule has 15 heteroatoms. The Morgan fingerprint density at radius 1 is 0.860 bits per heavy atom. The smallest absolute Gasteiger partial charge is 0.269 e. The lowest BCUT2D eigenvalue weighted by atomic mass is 10.00. The maximum Gasteiger partial charge on any atom is 0.269 e. The molecule has 1 fully saturated rings. The van der Waals surface area contributed by atoms with E-state index >= 15 is 0 Å². The molecule has 284 valence electrons. The number of piperidine rings is 1. The van der Waals surface area contributed by atoms with Gasteiger partial charge in [0.15, 0.2) is 5.76 Å². The van der Waals surface area contributed by atoms with E-state index in [1.807, 2.05) is 12.1 Å². The van der Waals surface area contributed by atoms with Gasteiger partial charge in [0.1, 0.15) is 11.7 Å². The van der Waals surface area contributed by atoms with Gasteiger partial charge in [-0.15, -0.1) is 0 Å². The summed E-state index contributed by atoms with van der Waals surface area (Å²) in [6.45, 7) is 4.18. The number of hydrogen-bond donors (Lipinski definition) is 3. The molecule has 5 aromatic rings. The van der Waals surface area contributed by atoms with E-state index in [0.717, 1.165) is 16.0 Å². The van der Waals surface area contributed by atoms with Crippen molar-refractivity contribution >= 4 is 41.1 Å². The van der Waals surface area contributed by atoms with Gasteiger partial charge >= 0.3 is 0 Å². The summed E-state index contributed by atoms with van der Waals surface area (Å²) in [5, 5.41) is 18.8. The van der Waals surface area contributed by atoms with E-state index in [1.165, 1.54) is 30.3 Å². The third-order valence-corrected chi connectivity index (χ3v) is 9.37. The molecule has 1 atom stereocenters. The number of carbonyl (C=O) groups excluding carboxylic acids is 6. The van der Waals surface area contributed by atoms with Gasteiger partial charge in [-0.2, -0.15) is 0 Å². The maximum atomic E-state index is 13.1. The molecule has 4 heterocycles. The van der Waals surface area contributed by atoms with Crippen molar-refractivity contribution in [1.29, 1.82) is 0 Å². The molecule has 15 nitrogen and oxygen atoms in total. The van der Waals surface area contributed by atoms with Gasteiger partial charge in [-0.1, -0.05) is 30.9 Å². The second-order valence-electron chi connectivity index (χ2n) is 13.1. The quantitative estimate of drug-likeness (QED) is 0.0649. The van der Waals surface area contributed by atoms with E-state index < -0.39 is 40.5 Å². The Kier molecular flexibility index (Phi) is 10.5. The number of nitro groups is 1. The number of nitrogens with one attached hydrogen (secondary N) is 3. The zero-order valence-electron chi connectivity index (χ0n) is 30.0. The number of non-ortho nitro benzene ring substituents is 1. The fourth-order valence-corrected chi connectivity index (χ4v) is 6.41. The van der Waals surface area contributed by atoms with Crippen molar-refractivity contribution in [2.45, 2.75) is 18.9 Å². The summed E-state index contributed by atoms with van der Waals surface area (Å²) >= 11 is 0. The van der Waals surface area contributed by atoms with Gasteiger partial charge in [-0.05, 0) is 89.9 Å². The Morgan fingerprint density at radius 3 is 2.25 bits per heavy atom. The molecular formula is C42H32N6O9. The van der Waals surface area contributed by atoms with Gasteiger partial charge in [0.05, 0.1) is 28.0 Å². The first kappa shape index (κ1) is 37.5. The van der Waals surface area contributed by atoms with Crippen molar-refractivity contribution in [3.05, 3.63) is 154 Å². The maximum absolute atomic E-state index is 13.1. The number of fused-ring (bicyclic) bond motifs is 1. The zero-order chi connectivity index (χ0) is 40.2. The fourth-order valence-electron chi connectivity index (χ4n) is 6.41. The summed E-state index contributed by atoms with van der Waals surface area (Å²) in [5.41, 5.74) is 4.56. The van der Waals surface area contributed by atoms with E-state index in [0.29, 0.717) is 33.8 Å². The molecule has 3 aromatic carbocycles. The zero-order valence-corrected chi connectivity index (χ0v) is 30.0. The van der Waals surface area contributed by atoms with Gasteiger partial charge in [0, 0.05) is 48.3 Å². The summed E-state index contributed by atoms with van der Waals surface area (Å²) in [5.74, 6) is -2.85. The van der Waals surface area contributed by atoms with Crippen LogP contribution in [0.5, 0.6) is 0 Å². The first-order valence-corrected chi connectivity index (χ1v) is 17.6. The molecule has 0 aliphatic carbocycles. The average molecular weight is 765 g/mol. The molecule has 2 aliphatic rings. The number of benzene rings is 3. The lowest BCUT2D eigenvalue weighted by molar-refractivity contribution is -0.384. The van der Waals surface area contributed by atoms with Crippen LogP contribution in [0.25, 0.3) is 33.8 Å². The molecule has 0 saturated carbocycles. The van der Waals surface area contributed by atoms with Crippen molar-refractivity contribution in [2.24, 2.45) is 0 Å². The first-order valence-electron chi connectivity index (χ1n) is 17.6. The highest BCUT2D eigenvalue weighted by Gasteiger charge is 2.44. The van der Waals surface area contributed by atoms with Crippen LogP contribution in [0.3, 0.4) is 0 Å². The lowest BCUT2D eigenvalue weighted by Gasteiger charge is -2.27. The van der Waals surface area contributed by atoms with E-state index in [2.05, 4.69) is 22.5 Å². The minimum absolute atomic E-state index is 0.00133. The topological polar surface area (TPSA) is 211 Å². The number of hydrogen-bond acceptors (Lipinski definition) is 10. The Morgan fingerprint density at radius 2 is 1.54 bits per heavy atom. The summed E-state index contributed by atoms with van der Waals surface area (Å²) < 4.78 is 5.58. The second-order valence-corrected chi connectivity index (χ2v) is 13.1. The molecule has 2 aromatic heterocycles. The first-order chi connectivity index (χ1) is 27.5. The summed E-state index contributed by atoms with van der Waals surface area (Å²) in [4.78, 5) is 91.9. The number of aromatic nitrogens is 1. The molecule has 0 spiro atoms. The number of nitrogens with zero attached hydrogens (tertiary/aromatic N) is 3. The highest BCUT2D eigenvalue weighted by Crippen LogP contribution is 2.32. The van der Waals surface area contributed by atoms with Crippen molar-refractivity contribution in [3.63, 3.8) is 0 Å². The summed E-state index contributed by atoms with van der Waals surface area (Å²) in [6, 6.07) is 23.3. The van der Waals surface area contributed by atoms with Crippen molar-refractivity contribution in [1.82, 2.24) is 25.8 Å². The Labute approximate surface area is 324 Å². The molecule has 57 heavy (non-hydrogen) atoms. The third-order valence-electron chi connectivity index (χ3n) is 9.37. The predicted molar refractivity (Wildman–Crippen MR) is 206 cm³/mol. The number of rotatable bonds is 12. The molecule has 2 aliphatic heterocycles. The molecule has 6 amide bonds. The van der Waals surface area contributed by atoms with Crippen LogP contribution in [0.15, 0.2) is 126 Å². The van der Waals surface area contributed by atoms with Crippen LogP contribution in [0.4, 0.5) is 5.69 Å². The second kappa shape index (κ2) is 15.9. The standard InChI is InChI=1S/C42H32N6O9/c1-24(4-2-18-43-39(51)28-12-15-31-32(20-28)42(54)47(41(31)53)35-16-17-37(49)46-40(35)52)23-44-38(50)27-8-6-25(7-9-27)29-21-33(26-10-13-30(14-11-26)48(55)56)45-34(22-29)36-5-3-19-57-36/h2-15,19-22,35H,1,16-18,23H2,(H,43,51)(H,44,50)(H,46,49,52)/b4-2-. The number of amides is 6. The van der Waals surface area contributed by atoms with Gasteiger partial charge in [0.25, 0.3) is 29.3 Å². The van der Waals surface area contributed by atoms with Gasteiger partial charge < -0.3 is 15.1 Å².